The molecule has 5 aliphatic rings. The van der Waals surface area contributed by atoms with Gasteiger partial charge >= 0.3 is 0 Å². The van der Waals surface area contributed by atoms with E-state index in [1.807, 2.05) is 41.3 Å². The van der Waals surface area contributed by atoms with Gasteiger partial charge in [-0.25, -0.2) is 14.4 Å². The number of halogens is 1. The number of carbonyl (C=O) groups excluding carboxylic acids is 3. The van der Waals surface area contributed by atoms with Crippen molar-refractivity contribution in [3.63, 3.8) is 0 Å². The summed E-state index contributed by atoms with van der Waals surface area (Å²) in [5.74, 6) is 1.46. The van der Waals surface area contributed by atoms with Crippen LogP contribution in [0.4, 0.5) is 15.9 Å². The summed E-state index contributed by atoms with van der Waals surface area (Å²) >= 11 is 0. The van der Waals surface area contributed by atoms with Crippen LogP contribution in [0.25, 0.3) is 17.5 Å². The van der Waals surface area contributed by atoms with E-state index in [0.717, 1.165) is 99.2 Å². The summed E-state index contributed by atoms with van der Waals surface area (Å²) in [5.41, 5.74) is 5.20. The lowest BCUT2D eigenvalue weighted by atomic mass is 9.97. The molecule has 4 aromatic rings. The molecule has 4 saturated heterocycles. The van der Waals surface area contributed by atoms with Gasteiger partial charge in [0.2, 0.25) is 11.8 Å². The Bertz CT molecular complexity index is 2210. The zero-order chi connectivity index (χ0) is 38.3. The molecular formula is C42H45FN10O3. The summed E-state index contributed by atoms with van der Waals surface area (Å²) in [7, 11) is 0. The lowest BCUT2D eigenvalue weighted by Crippen LogP contribution is -2.55. The van der Waals surface area contributed by atoms with Crippen LogP contribution in [0.3, 0.4) is 0 Å². The number of aromatic nitrogens is 3. The molecule has 288 valence electrons. The number of pyridine rings is 1. The van der Waals surface area contributed by atoms with E-state index in [0.29, 0.717) is 36.1 Å². The van der Waals surface area contributed by atoms with Gasteiger partial charge in [-0.15, -0.1) is 0 Å². The van der Waals surface area contributed by atoms with Crippen LogP contribution in [0, 0.1) is 17.1 Å². The summed E-state index contributed by atoms with van der Waals surface area (Å²) < 4.78 is 13.9. The molecule has 2 aromatic heterocycles. The summed E-state index contributed by atoms with van der Waals surface area (Å²) in [6, 6.07) is 18.1. The molecule has 3 N–H and O–H groups in total. The number of carbonyl (C=O) groups is 3. The van der Waals surface area contributed by atoms with Gasteiger partial charge in [-0.3, -0.25) is 30.0 Å². The van der Waals surface area contributed by atoms with E-state index in [2.05, 4.69) is 42.1 Å². The third-order valence-electron chi connectivity index (χ3n) is 11.8. The number of nitrogens with zero attached hydrogens (tertiary/aromatic N) is 7. The number of aromatic amines is 1. The molecule has 7 heterocycles. The summed E-state index contributed by atoms with van der Waals surface area (Å²) in [6.45, 7) is 7.81. The first-order chi connectivity index (χ1) is 27.3. The van der Waals surface area contributed by atoms with Gasteiger partial charge in [0.15, 0.2) is 0 Å². The number of hydrogen-bond donors (Lipinski definition) is 3. The highest BCUT2D eigenvalue weighted by atomic mass is 19.1. The number of benzene rings is 2. The van der Waals surface area contributed by atoms with Gasteiger partial charge in [-0.2, -0.15) is 0 Å². The van der Waals surface area contributed by atoms with Gasteiger partial charge in [0.25, 0.3) is 5.91 Å². The highest BCUT2D eigenvalue weighted by Crippen LogP contribution is 2.34. The first kappa shape index (κ1) is 35.8. The molecular weight excluding hydrogens is 712 g/mol. The number of imidazole rings is 1. The first-order valence-electron chi connectivity index (χ1n) is 19.6. The number of hydrogen-bond acceptors (Lipinski definition) is 9. The molecule has 0 saturated carbocycles. The Labute approximate surface area is 324 Å². The quantitative estimate of drug-likeness (QED) is 0.128. The molecule has 0 aliphatic carbocycles. The average molecular weight is 757 g/mol. The van der Waals surface area contributed by atoms with Crippen LogP contribution < -0.4 is 15.1 Å². The molecule has 3 amide bonds. The summed E-state index contributed by atoms with van der Waals surface area (Å²) in [4.78, 5) is 60.8. The summed E-state index contributed by atoms with van der Waals surface area (Å²) in [5, 5.41) is 11.1. The number of likely N-dealkylation sites (tertiary alicyclic amines) is 1. The lowest BCUT2D eigenvalue weighted by molar-refractivity contribution is -0.136. The maximum absolute atomic E-state index is 13.9. The highest BCUT2D eigenvalue weighted by molar-refractivity contribution is 6.05. The predicted molar refractivity (Wildman–Crippen MR) is 211 cm³/mol. The average Bonchev–Trinajstić information content (AvgIpc) is 3.95. The molecule has 0 radical (unpaired) electrons. The van der Waals surface area contributed by atoms with E-state index < -0.39 is 6.04 Å². The normalized spacial score (nSPS) is 21.9. The predicted octanol–water partition coefficient (Wildman–Crippen LogP) is 4.46. The minimum Gasteiger partial charge on any atom is -0.371 e. The van der Waals surface area contributed by atoms with Gasteiger partial charge < -0.3 is 24.6 Å². The molecule has 5 aliphatic heterocycles. The number of nitrogens with one attached hydrogen (secondary N) is 3. The largest absolute Gasteiger partial charge is 0.371 e. The molecule has 0 spiro atoms. The maximum Gasteiger partial charge on any atom is 0.255 e. The lowest BCUT2D eigenvalue weighted by Gasteiger charge is -2.45. The second-order valence-corrected chi connectivity index (χ2v) is 15.5. The monoisotopic (exact) mass is 756 g/mol. The second-order valence-electron chi connectivity index (χ2n) is 15.5. The fraction of sp³-hybridized carbons (Fsp3) is 0.381. The molecule has 0 bridgehead atoms. The Hall–Kier alpha value is -5.89. The third-order valence-corrected chi connectivity index (χ3v) is 11.8. The Kier molecular flexibility index (Phi) is 9.57. The van der Waals surface area contributed by atoms with Crippen LogP contribution in [0.15, 0.2) is 72.9 Å². The van der Waals surface area contributed by atoms with Crippen LogP contribution in [0.2, 0.25) is 0 Å². The highest BCUT2D eigenvalue weighted by Gasteiger charge is 2.40. The molecule has 1 unspecified atom stereocenters. The van der Waals surface area contributed by atoms with E-state index >= 15 is 0 Å². The van der Waals surface area contributed by atoms with Crippen molar-refractivity contribution < 1.29 is 18.8 Å². The van der Waals surface area contributed by atoms with E-state index in [9.17, 15) is 18.8 Å². The third kappa shape index (κ3) is 7.16. The van der Waals surface area contributed by atoms with Gasteiger partial charge in [-0.1, -0.05) is 18.2 Å². The molecule has 14 heteroatoms. The number of piperazine rings is 1. The van der Waals surface area contributed by atoms with Crippen LogP contribution >= 0.6 is 0 Å². The van der Waals surface area contributed by atoms with Crippen molar-refractivity contribution in [2.24, 2.45) is 5.92 Å². The van der Waals surface area contributed by atoms with Gasteiger partial charge in [0, 0.05) is 82.5 Å². The fourth-order valence-corrected chi connectivity index (χ4v) is 8.85. The van der Waals surface area contributed by atoms with E-state index in [1.165, 1.54) is 6.07 Å². The van der Waals surface area contributed by atoms with Crippen molar-refractivity contribution in [2.45, 2.75) is 44.3 Å². The minimum absolute atomic E-state index is 0.00691. The smallest absolute Gasteiger partial charge is 0.255 e. The summed E-state index contributed by atoms with van der Waals surface area (Å²) in [6.07, 6.45) is 7.80. The minimum atomic E-state index is -0.601. The molecule has 13 nitrogen and oxygen atoms in total. The van der Waals surface area contributed by atoms with Gasteiger partial charge in [0.1, 0.15) is 29.3 Å². The number of amides is 3. The Balaban J connectivity index is 0.746. The van der Waals surface area contributed by atoms with Gasteiger partial charge in [-0.05, 0) is 85.0 Å². The van der Waals surface area contributed by atoms with E-state index in [-0.39, 0.29) is 36.0 Å². The maximum atomic E-state index is 13.9. The zero-order valence-electron chi connectivity index (χ0n) is 31.2. The van der Waals surface area contributed by atoms with E-state index in [4.69, 9.17) is 10.4 Å². The van der Waals surface area contributed by atoms with Crippen molar-refractivity contribution in [2.75, 3.05) is 62.2 Å². The SMILES string of the molecule is N=C(/C=C\c1ncc(-c2cccc(N3CCN(CC4CN(c5ccc6c(c5)CN(C5CCC(=O)NC5=O)C6=O)C4)CC3)n2)[nH]1)N1CCC[C@@H]1c1cccc(F)c1. The number of amidine groups is 1. The Morgan fingerprint density at radius 1 is 0.929 bits per heavy atom. The van der Waals surface area contributed by atoms with Crippen LogP contribution in [0.1, 0.15) is 59.0 Å². The second kappa shape index (κ2) is 15.0. The molecule has 56 heavy (non-hydrogen) atoms. The topological polar surface area (TPSA) is 145 Å². The molecule has 4 fully saturated rings. The number of fused-ring (bicyclic) bond motifs is 1. The van der Waals surface area contributed by atoms with Crippen LogP contribution in [0.5, 0.6) is 0 Å². The Morgan fingerprint density at radius 2 is 1.77 bits per heavy atom. The van der Waals surface area contributed by atoms with Crippen molar-refractivity contribution >= 4 is 41.1 Å². The van der Waals surface area contributed by atoms with Crippen molar-refractivity contribution in [1.82, 2.24) is 35.0 Å². The molecule has 9 rings (SSSR count). The fourth-order valence-electron chi connectivity index (χ4n) is 8.85. The molecule has 2 aromatic carbocycles. The number of H-pyrrole nitrogens is 1. The number of rotatable bonds is 9. The zero-order valence-corrected chi connectivity index (χ0v) is 31.2. The van der Waals surface area contributed by atoms with Gasteiger partial charge in [0.05, 0.1) is 23.6 Å². The van der Waals surface area contributed by atoms with E-state index in [1.54, 1.807) is 29.3 Å². The van der Waals surface area contributed by atoms with Crippen molar-refractivity contribution in [3.05, 3.63) is 101 Å². The standard InChI is InChI=1S/C42H45FN10O3/c43-30-5-1-4-28(20-30)35-7-3-15-52(35)37(44)12-13-38-45-22-34(46-38)33-6-2-8-39(47-33)50-18-16-49(17-19-50)23-27-24-51(25-27)31-9-10-32-29(21-31)26-53(42(32)56)36-11-14-40(54)48-41(36)55/h1-2,4-6,8-10,12-13,20-22,27,35-36,44H,3,7,11,14-19,23-26H2,(H,45,46)(H,48,54,55)/b13-12-,44-37?/t35-,36?/m1/s1. The van der Waals surface area contributed by atoms with Crippen LogP contribution in [-0.4, -0.2) is 112 Å². The number of piperidine rings is 1. The number of imide groups is 1. The Morgan fingerprint density at radius 3 is 2.59 bits per heavy atom. The van der Waals surface area contributed by atoms with Crippen molar-refractivity contribution in [1.29, 1.82) is 5.41 Å². The van der Waals surface area contributed by atoms with Crippen molar-refractivity contribution in [3.8, 4) is 11.4 Å². The van der Waals surface area contributed by atoms with Crippen LogP contribution in [-0.2, 0) is 16.1 Å². The number of anilines is 2. The first-order valence-corrected chi connectivity index (χ1v) is 19.6. The molecule has 2 atom stereocenters.